The van der Waals surface area contributed by atoms with Crippen LogP contribution in [-0.4, -0.2) is 26.3 Å². The standard InChI is InChI=1S/C61H42BN7/c1-41-34-58-60-59(35-41)68-56-33-32-48(65(42-20-8-2-9-21-42)43-22-10-3-11-23-43)36-50(56)51-37-49(66(44-24-12-4-13-25-44)45-26-14-5-15-27-45)38-53(61(51)68)62(60)52-39-54-55(64-69(63-54)47-30-18-7-19-31-47)40-57(52)67(58)46-28-16-6-17-29-46/h2-40H,1H3. The van der Waals surface area contributed by atoms with Crippen LogP contribution >= 0.6 is 0 Å². The third-order valence-electron chi connectivity index (χ3n) is 13.9. The number of rotatable bonds is 8. The predicted octanol–water partition coefficient (Wildman–Crippen LogP) is 13.4. The minimum absolute atomic E-state index is 0.144. The molecule has 2 aromatic heterocycles. The summed E-state index contributed by atoms with van der Waals surface area (Å²) < 4.78 is 2.55. The second-order valence-electron chi connectivity index (χ2n) is 18.0. The molecule has 8 heteroatoms. The normalized spacial score (nSPS) is 12.4. The molecule has 0 N–H and O–H groups in total. The first-order chi connectivity index (χ1) is 34.1. The number of fused-ring (bicyclic) bond motifs is 8. The second kappa shape index (κ2) is 15.5. The van der Waals surface area contributed by atoms with E-state index in [0.717, 1.165) is 73.4 Å². The monoisotopic (exact) mass is 883 g/mol. The van der Waals surface area contributed by atoms with Gasteiger partial charge in [-0.1, -0.05) is 109 Å². The van der Waals surface area contributed by atoms with Gasteiger partial charge in [-0.2, -0.15) is 4.80 Å². The molecule has 0 spiro atoms. The van der Waals surface area contributed by atoms with Gasteiger partial charge < -0.3 is 19.3 Å². The summed E-state index contributed by atoms with van der Waals surface area (Å²) in [6.45, 7) is 2.09. The summed E-state index contributed by atoms with van der Waals surface area (Å²) in [5, 5.41) is 12.6. The van der Waals surface area contributed by atoms with Crippen LogP contribution in [0.1, 0.15) is 5.56 Å². The lowest BCUT2D eigenvalue weighted by Crippen LogP contribution is -2.60. The van der Waals surface area contributed by atoms with Crippen LogP contribution in [0.2, 0.25) is 0 Å². The lowest BCUT2D eigenvalue weighted by Gasteiger charge is -2.40. The molecule has 10 aromatic carbocycles. The lowest BCUT2D eigenvalue weighted by atomic mass is 9.33. The van der Waals surface area contributed by atoms with Gasteiger partial charge in [0.2, 0.25) is 0 Å². The van der Waals surface area contributed by atoms with E-state index >= 15 is 0 Å². The topological polar surface area (TPSA) is 45.4 Å². The molecule has 0 unspecified atom stereocenters. The Labute approximate surface area is 400 Å². The third-order valence-corrected chi connectivity index (χ3v) is 13.9. The zero-order chi connectivity index (χ0) is 45.6. The molecule has 2 aliphatic rings. The Morgan fingerprint density at radius 1 is 0.391 bits per heavy atom. The van der Waals surface area contributed by atoms with Gasteiger partial charge in [0.25, 0.3) is 6.71 Å². The summed E-state index contributed by atoms with van der Waals surface area (Å²) in [7, 11) is 0. The van der Waals surface area contributed by atoms with E-state index in [-0.39, 0.29) is 6.71 Å². The van der Waals surface area contributed by atoms with Crippen molar-refractivity contribution in [3.05, 3.63) is 242 Å². The summed E-state index contributed by atoms with van der Waals surface area (Å²) in [5.41, 5.74) is 20.9. The van der Waals surface area contributed by atoms with Crippen molar-refractivity contribution in [3.63, 3.8) is 0 Å². The van der Waals surface area contributed by atoms with E-state index in [1.807, 2.05) is 18.2 Å². The minimum atomic E-state index is -0.144. The molecule has 0 aliphatic carbocycles. The number of aryl methyl sites for hydroxylation is 1. The van der Waals surface area contributed by atoms with Crippen molar-refractivity contribution in [3.8, 4) is 11.4 Å². The molecular formula is C61H42BN7. The average molecular weight is 884 g/mol. The first-order valence-corrected chi connectivity index (χ1v) is 23.5. The molecular weight excluding hydrogens is 842 g/mol. The fourth-order valence-corrected chi connectivity index (χ4v) is 11.1. The molecule has 4 heterocycles. The van der Waals surface area contributed by atoms with Crippen LogP contribution < -0.4 is 31.1 Å². The van der Waals surface area contributed by atoms with E-state index in [1.165, 1.54) is 43.9 Å². The van der Waals surface area contributed by atoms with E-state index in [9.17, 15) is 0 Å². The van der Waals surface area contributed by atoms with Crippen LogP contribution in [0.15, 0.2) is 237 Å². The maximum atomic E-state index is 5.17. The molecule has 0 amide bonds. The highest BCUT2D eigenvalue weighted by atomic mass is 15.5. The number of anilines is 9. The molecule has 0 saturated heterocycles. The SMILES string of the molecule is Cc1cc2c3c(c1)-n1c4ccc(N(c5ccccc5)c5ccccc5)cc4c4cc(N(c5ccccc5)c5ccccc5)cc(c41)B3c1cc3nn(-c4ccccc4)nc3cc1N2c1ccccc1. The first kappa shape index (κ1) is 39.1. The Morgan fingerprint density at radius 3 is 1.46 bits per heavy atom. The highest BCUT2D eigenvalue weighted by Gasteiger charge is 2.43. The lowest BCUT2D eigenvalue weighted by molar-refractivity contribution is 0.766. The maximum absolute atomic E-state index is 5.17. The van der Waals surface area contributed by atoms with Crippen molar-refractivity contribution < 1.29 is 0 Å². The van der Waals surface area contributed by atoms with Gasteiger partial charge in [-0.25, -0.2) is 0 Å². The zero-order valence-corrected chi connectivity index (χ0v) is 37.7. The largest absolute Gasteiger partial charge is 0.311 e. The Bertz CT molecular complexity index is 3840. The van der Waals surface area contributed by atoms with Gasteiger partial charge >= 0.3 is 0 Å². The average Bonchev–Trinajstić information content (AvgIpc) is 3.98. The Balaban J connectivity index is 1.11. The van der Waals surface area contributed by atoms with E-state index in [0.29, 0.717) is 0 Å². The Morgan fingerprint density at radius 2 is 0.884 bits per heavy atom. The van der Waals surface area contributed by atoms with Gasteiger partial charge in [-0.05, 0) is 156 Å². The Kier molecular flexibility index (Phi) is 8.76. The molecule has 0 saturated carbocycles. The summed E-state index contributed by atoms with van der Waals surface area (Å²) in [6.07, 6.45) is 0. The van der Waals surface area contributed by atoms with E-state index in [1.54, 1.807) is 4.80 Å². The number of hydrogen-bond donors (Lipinski definition) is 0. The third kappa shape index (κ3) is 6.15. The molecule has 2 aliphatic heterocycles. The highest BCUT2D eigenvalue weighted by molar-refractivity contribution is 7.00. The van der Waals surface area contributed by atoms with Crippen molar-refractivity contribution in [2.24, 2.45) is 0 Å². The van der Waals surface area contributed by atoms with Gasteiger partial charge in [0.15, 0.2) is 0 Å². The van der Waals surface area contributed by atoms with Crippen LogP contribution in [-0.2, 0) is 0 Å². The molecule has 0 bridgehead atoms. The number of benzene rings is 10. The van der Waals surface area contributed by atoms with Gasteiger partial charge in [0, 0.05) is 73.2 Å². The summed E-state index contributed by atoms with van der Waals surface area (Å²) >= 11 is 0. The number of nitrogens with zero attached hydrogens (tertiary/aromatic N) is 7. The zero-order valence-electron chi connectivity index (χ0n) is 37.7. The van der Waals surface area contributed by atoms with Crippen molar-refractivity contribution in [1.82, 2.24) is 19.6 Å². The maximum Gasteiger partial charge on any atom is 0.252 e. The van der Waals surface area contributed by atoms with Crippen LogP contribution in [0.3, 0.4) is 0 Å². The molecule has 69 heavy (non-hydrogen) atoms. The van der Waals surface area contributed by atoms with Crippen LogP contribution in [0, 0.1) is 6.92 Å². The fraction of sp³-hybridized carbons (Fsp3) is 0.0164. The van der Waals surface area contributed by atoms with Crippen molar-refractivity contribution >= 4 is 107 Å². The number of hydrogen-bond acceptors (Lipinski definition) is 5. The minimum Gasteiger partial charge on any atom is -0.311 e. The number of para-hydroxylation sites is 6. The van der Waals surface area contributed by atoms with Crippen LogP contribution in [0.4, 0.5) is 51.2 Å². The van der Waals surface area contributed by atoms with Crippen molar-refractivity contribution in [1.29, 1.82) is 0 Å². The predicted molar refractivity (Wildman–Crippen MR) is 287 cm³/mol. The molecule has 0 radical (unpaired) electrons. The van der Waals surface area contributed by atoms with Crippen LogP contribution in [0.25, 0.3) is 44.2 Å². The van der Waals surface area contributed by atoms with Crippen molar-refractivity contribution in [2.45, 2.75) is 6.92 Å². The molecule has 7 nitrogen and oxygen atoms in total. The molecule has 0 fully saturated rings. The molecule has 12 aromatic rings. The van der Waals surface area contributed by atoms with Crippen molar-refractivity contribution in [2.75, 3.05) is 14.7 Å². The summed E-state index contributed by atoms with van der Waals surface area (Å²) in [4.78, 5) is 8.99. The van der Waals surface area contributed by atoms with E-state index in [2.05, 4.69) is 245 Å². The van der Waals surface area contributed by atoms with E-state index in [4.69, 9.17) is 10.2 Å². The quantitative estimate of drug-likeness (QED) is 0.142. The smallest absolute Gasteiger partial charge is 0.252 e. The Hall–Kier alpha value is -9.14. The number of aromatic nitrogens is 4. The highest BCUT2D eigenvalue weighted by Crippen LogP contribution is 2.46. The second-order valence-corrected chi connectivity index (χ2v) is 18.0. The van der Waals surface area contributed by atoms with E-state index < -0.39 is 0 Å². The van der Waals surface area contributed by atoms with Gasteiger partial charge in [-0.3, -0.25) is 0 Å². The summed E-state index contributed by atoms with van der Waals surface area (Å²) in [5.74, 6) is 0. The molecule has 324 valence electrons. The fourth-order valence-electron chi connectivity index (χ4n) is 11.1. The van der Waals surface area contributed by atoms with Gasteiger partial charge in [-0.15, -0.1) is 10.2 Å². The van der Waals surface area contributed by atoms with Crippen LogP contribution in [0.5, 0.6) is 0 Å². The first-order valence-electron chi connectivity index (χ1n) is 23.5. The summed E-state index contributed by atoms with van der Waals surface area (Å²) in [6, 6.07) is 85.1. The molecule has 14 rings (SSSR count). The molecule has 0 atom stereocenters. The van der Waals surface area contributed by atoms with Gasteiger partial charge in [0.1, 0.15) is 11.0 Å². The van der Waals surface area contributed by atoms with Gasteiger partial charge in [0.05, 0.1) is 11.2 Å².